The second-order valence-electron chi connectivity index (χ2n) is 6.01. The molecule has 4 heteroatoms. The monoisotopic (exact) mass is 357 g/mol. The highest BCUT2D eigenvalue weighted by atomic mass is 79.9. The summed E-state index contributed by atoms with van der Waals surface area (Å²) >= 11 is 9.61. The molecule has 0 aromatic heterocycles. The number of rotatable bonds is 3. The Morgan fingerprint density at radius 3 is 2.65 bits per heavy atom. The molecule has 110 valence electrons. The average molecular weight is 359 g/mol. The van der Waals surface area contributed by atoms with Crippen LogP contribution in [0, 0.1) is 12.8 Å². The van der Waals surface area contributed by atoms with E-state index < -0.39 is 0 Å². The van der Waals surface area contributed by atoms with Crippen LogP contribution in [0.25, 0.3) is 0 Å². The third kappa shape index (κ3) is 3.56. The molecule has 1 N–H and O–H groups in total. The van der Waals surface area contributed by atoms with Gasteiger partial charge in [-0.05, 0) is 62.3 Å². The van der Waals surface area contributed by atoms with Crippen LogP contribution in [-0.4, -0.2) is 17.3 Å². The lowest BCUT2D eigenvalue weighted by molar-refractivity contribution is 0.0872. The van der Waals surface area contributed by atoms with Crippen LogP contribution in [0.3, 0.4) is 0 Å². The van der Waals surface area contributed by atoms with E-state index in [-0.39, 0.29) is 11.4 Å². The van der Waals surface area contributed by atoms with Crippen molar-refractivity contribution in [3.63, 3.8) is 0 Å². The Bertz CT molecular complexity index is 495. The fraction of sp³-hybridized carbons (Fsp3) is 0.562. The molecule has 0 heterocycles. The highest BCUT2D eigenvalue weighted by Gasteiger charge is 2.35. The van der Waals surface area contributed by atoms with E-state index in [1.807, 2.05) is 25.1 Å². The number of benzene rings is 1. The molecule has 1 aromatic carbocycles. The van der Waals surface area contributed by atoms with Crippen molar-refractivity contribution >= 4 is 33.4 Å². The van der Waals surface area contributed by atoms with Crippen molar-refractivity contribution in [3.05, 3.63) is 33.8 Å². The van der Waals surface area contributed by atoms with E-state index >= 15 is 0 Å². The number of amides is 1. The molecule has 0 unspecified atom stereocenters. The van der Waals surface area contributed by atoms with Gasteiger partial charge in [0.1, 0.15) is 0 Å². The van der Waals surface area contributed by atoms with Crippen LogP contribution in [-0.2, 0) is 0 Å². The van der Waals surface area contributed by atoms with Gasteiger partial charge in [0.15, 0.2) is 0 Å². The number of carbonyl (C=O) groups is 1. The summed E-state index contributed by atoms with van der Waals surface area (Å²) in [6.07, 6.45) is 4.20. The minimum Gasteiger partial charge on any atom is -0.345 e. The molecule has 2 nitrogen and oxygen atoms in total. The molecule has 1 amide bonds. The summed E-state index contributed by atoms with van der Waals surface area (Å²) in [4.78, 5) is 12.4. The zero-order chi connectivity index (χ0) is 14.8. The van der Waals surface area contributed by atoms with E-state index in [1.54, 1.807) is 0 Å². The van der Waals surface area contributed by atoms with Crippen LogP contribution in [0.5, 0.6) is 0 Å². The topological polar surface area (TPSA) is 29.1 Å². The number of halogens is 2. The van der Waals surface area contributed by atoms with Crippen LogP contribution in [0.4, 0.5) is 0 Å². The number of carbonyl (C=O) groups excluding carboxylic acids is 1. The molecule has 20 heavy (non-hydrogen) atoms. The molecule has 1 aromatic rings. The lowest BCUT2D eigenvalue weighted by Crippen LogP contribution is -2.52. The molecule has 1 fully saturated rings. The predicted molar refractivity (Wildman–Crippen MR) is 87.4 cm³/mol. The van der Waals surface area contributed by atoms with E-state index in [9.17, 15) is 4.79 Å². The summed E-state index contributed by atoms with van der Waals surface area (Å²) in [5, 5.41) is 3.18. The minimum absolute atomic E-state index is 0.0178. The maximum absolute atomic E-state index is 12.4. The van der Waals surface area contributed by atoms with Gasteiger partial charge in [0.05, 0.1) is 5.54 Å². The Morgan fingerprint density at radius 1 is 1.45 bits per heavy atom. The fourth-order valence-corrected chi connectivity index (χ4v) is 3.29. The van der Waals surface area contributed by atoms with E-state index in [0.29, 0.717) is 11.4 Å². The molecule has 1 aliphatic carbocycles. The second-order valence-corrected chi connectivity index (χ2v) is 7.14. The Morgan fingerprint density at radius 2 is 2.10 bits per heavy atom. The highest BCUT2D eigenvalue weighted by molar-refractivity contribution is 9.10. The van der Waals surface area contributed by atoms with E-state index in [0.717, 1.165) is 41.6 Å². The van der Waals surface area contributed by atoms with Crippen LogP contribution in [0.1, 0.15) is 48.5 Å². The molecule has 0 spiro atoms. The summed E-state index contributed by atoms with van der Waals surface area (Å²) in [5.74, 6) is 1.20. The fourth-order valence-electron chi connectivity index (χ4n) is 2.71. The standard InChI is InChI=1S/C16H21BrClNO/c1-11-5-7-16(10-18,8-6-11)19-15(20)13-3-4-14(17)12(2)9-13/h3-4,9,11H,5-8,10H2,1-2H3,(H,19,20). The number of hydrogen-bond donors (Lipinski definition) is 1. The van der Waals surface area contributed by atoms with Gasteiger partial charge in [-0.1, -0.05) is 22.9 Å². The van der Waals surface area contributed by atoms with E-state index in [1.165, 1.54) is 0 Å². The van der Waals surface area contributed by atoms with Crippen molar-refractivity contribution in [3.8, 4) is 0 Å². The zero-order valence-electron chi connectivity index (χ0n) is 12.0. The Balaban J connectivity index is 2.11. The molecule has 1 saturated carbocycles. The van der Waals surface area contributed by atoms with Crippen molar-refractivity contribution < 1.29 is 4.79 Å². The van der Waals surface area contributed by atoms with Crippen molar-refractivity contribution in [1.82, 2.24) is 5.32 Å². The van der Waals surface area contributed by atoms with Gasteiger partial charge in [-0.15, -0.1) is 11.6 Å². The van der Waals surface area contributed by atoms with Gasteiger partial charge in [0.25, 0.3) is 5.91 Å². The van der Waals surface area contributed by atoms with Gasteiger partial charge in [-0.25, -0.2) is 0 Å². The van der Waals surface area contributed by atoms with Crippen molar-refractivity contribution in [2.45, 2.75) is 45.1 Å². The molecule has 0 saturated heterocycles. The number of hydrogen-bond acceptors (Lipinski definition) is 1. The predicted octanol–water partition coefficient (Wildman–Crippen LogP) is 4.68. The molecule has 0 radical (unpaired) electrons. The highest BCUT2D eigenvalue weighted by Crippen LogP contribution is 2.33. The number of nitrogens with one attached hydrogen (secondary N) is 1. The second kappa shape index (κ2) is 6.48. The molecule has 0 aliphatic heterocycles. The summed E-state index contributed by atoms with van der Waals surface area (Å²) in [6.45, 7) is 4.25. The third-order valence-electron chi connectivity index (χ3n) is 4.29. The van der Waals surface area contributed by atoms with Gasteiger partial charge in [0, 0.05) is 15.9 Å². The maximum atomic E-state index is 12.4. The van der Waals surface area contributed by atoms with Crippen LogP contribution >= 0.6 is 27.5 Å². The first kappa shape index (κ1) is 15.8. The first-order valence-electron chi connectivity index (χ1n) is 7.10. The van der Waals surface area contributed by atoms with Crippen LogP contribution in [0.2, 0.25) is 0 Å². The molecule has 0 bridgehead atoms. The van der Waals surface area contributed by atoms with Gasteiger partial charge in [0.2, 0.25) is 0 Å². The van der Waals surface area contributed by atoms with Gasteiger partial charge < -0.3 is 5.32 Å². The lowest BCUT2D eigenvalue weighted by Gasteiger charge is -2.38. The van der Waals surface area contributed by atoms with Gasteiger partial charge in [-0.3, -0.25) is 4.79 Å². The maximum Gasteiger partial charge on any atom is 0.251 e. The summed E-state index contributed by atoms with van der Waals surface area (Å²) in [6, 6.07) is 5.67. The summed E-state index contributed by atoms with van der Waals surface area (Å²) in [5.41, 5.74) is 1.54. The Hall–Kier alpha value is -0.540. The number of alkyl halides is 1. The SMILES string of the molecule is Cc1cc(C(=O)NC2(CCl)CCC(C)CC2)ccc1Br. The molecule has 1 aliphatic rings. The normalized spacial score (nSPS) is 26.3. The van der Waals surface area contributed by atoms with Crippen molar-refractivity contribution in [2.75, 3.05) is 5.88 Å². The van der Waals surface area contributed by atoms with Gasteiger partial charge in [-0.2, -0.15) is 0 Å². The van der Waals surface area contributed by atoms with Crippen molar-refractivity contribution in [1.29, 1.82) is 0 Å². The molecule has 2 rings (SSSR count). The smallest absolute Gasteiger partial charge is 0.251 e. The molecule has 0 atom stereocenters. The van der Waals surface area contributed by atoms with Gasteiger partial charge >= 0.3 is 0 Å². The number of aryl methyl sites for hydroxylation is 1. The quantitative estimate of drug-likeness (QED) is 0.781. The third-order valence-corrected chi connectivity index (χ3v) is 5.69. The Kier molecular flexibility index (Phi) is 5.14. The average Bonchev–Trinajstić information content (AvgIpc) is 2.44. The van der Waals surface area contributed by atoms with Crippen LogP contribution in [0.15, 0.2) is 22.7 Å². The Labute approximate surface area is 134 Å². The lowest BCUT2D eigenvalue weighted by atomic mass is 9.78. The molecular formula is C16H21BrClNO. The molecular weight excluding hydrogens is 338 g/mol. The van der Waals surface area contributed by atoms with Crippen molar-refractivity contribution in [2.24, 2.45) is 5.92 Å². The first-order valence-corrected chi connectivity index (χ1v) is 8.43. The largest absolute Gasteiger partial charge is 0.345 e. The minimum atomic E-state index is -0.230. The summed E-state index contributed by atoms with van der Waals surface area (Å²) in [7, 11) is 0. The summed E-state index contributed by atoms with van der Waals surface area (Å²) < 4.78 is 1.02. The first-order chi connectivity index (χ1) is 9.46. The van der Waals surface area contributed by atoms with E-state index in [4.69, 9.17) is 11.6 Å². The van der Waals surface area contributed by atoms with Crippen LogP contribution < -0.4 is 5.32 Å². The van der Waals surface area contributed by atoms with E-state index in [2.05, 4.69) is 28.2 Å². The zero-order valence-corrected chi connectivity index (χ0v) is 14.4.